The number of fused-ring (bicyclic) bond motifs is 1. The van der Waals surface area contributed by atoms with Crippen molar-refractivity contribution in [2.24, 2.45) is 7.05 Å². The van der Waals surface area contributed by atoms with Gasteiger partial charge in [-0.15, -0.1) is 0 Å². The van der Waals surface area contributed by atoms with Crippen LogP contribution in [0, 0.1) is 5.82 Å². The lowest BCUT2D eigenvalue weighted by atomic mass is 10.1. The van der Waals surface area contributed by atoms with Gasteiger partial charge in [0.2, 0.25) is 0 Å². The molecule has 0 spiro atoms. The Kier molecular flexibility index (Phi) is 5.33. The maximum atomic E-state index is 13.3. The molecule has 150 valence electrons. The summed E-state index contributed by atoms with van der Waals surface area (Å²) in [5.74, 6) is 1.69. The van der Waals surface area contributed by atoms with E-state index in [9.17, 15) is 9.18 Å². The van der Waals surface area contributed by atoms with E-state index in [1.165, 1.54) is 12.1 Å². The molecule has 1 aliphatic heterocycles. The summed E-state index contributed by atoms with van der Waals surface area (Å²) in [6.45, 7) is 1.36. The number of aromatic nitrogens is 2. The number of nitrogens with zero attached hydrogens (tertiary/aromatic N) is 2. The van der Waals surface area contributed by atoms with Crippen LogP contribution in [0.25, 0.3) is 0 Å². The fourth-order valence-electron chi connectivity index (χ4n) is 3.17. The SMILES string of the molecule is Cn1ccnc1C(NC(=O)NCc1ccc2c(c1)OCCO2)c1ccc(F)cc1. The van der Waals surface area contributed by atoms with Crippen LogP contribution in [0.3, 0.4) is 0 Å². The summed E-state index contributed by atoms with van der Waals surface area (Å²) in [6, 6.07) is 10.7. The molecule has 1 atom stereocenters. The molecular weight excluding hydrogens is 375 g/mol. The van der Waals surface area contributed by atoms with Gasteiger partial charge in [-0.25, -0.2) is 14.2 Å². The molecule has 0 fully saturated rings. The van der Waals surface area contributed by atoms with E-state index in [-0.39, 0.29) is 11.8 Å². The summed E-state index contributed by atoms with van der Waals surface area (Å²) in [5, 5.41) is 5.76. The zero-order valence-electron chi connectivity index (χ0n) is 15.9. The van der Waals surface area contributed by atoms with Crippen molar-refractivity contribution in [2.75, 3.05) is 13.2 Å². The van der Waals surface area contributed by atoms with Crippen LogP contribution in [-0.4, -0.2) is 28.8 Å². The Morgan fingerprint density at radius 1 is 1.17 bits per heavy atom. The second-order valence-electron chi connectivity index (χ2n) is 6.69. The number of benzene rings is 2. The molecule has 1 aromatic heterocycles. The largest absolute Gasteiger partial charge is 0.486 e. The van der Waals surface area contributed by atoms with Crippen LogP contribution < -0.4 is 20.1 Å². The maximum Gasteiger partial charge on any atom is 0.315 e. The van der Waals surface area contributed by atoms with Crippen molar-refractivity contribution in [1.29, 1.82) is 0 Å². The molecule has 1 unspecified atom stereocenters. The molecule has 29 heavy (non-hydrogen) atoms. The second kappa shape index (κ2) is 8.22. The number of urea groups is 1. The zero-order valence-corrected chi connectivity index (χ0v) is 15.9. The number of nitrogens with one attached hydrogen (secondary N) is 2. The molecule has 1 aliphatic rings. The lowest BCUT2D eigenvalue weighted by molar-refractivity contribution is 0.171. The minimum Gasteiger partial charge on any atom is -0.486 e. The van der Waals surface area contributed by atoms with Crippen molar-refractivity contribution in [3.05, 3.63) is 77.6 Å². The number of rotatable bonds is 5. The standard InChI is InChI=1S/C21H21FN4O3/c1-26-9-8-23-20(26)19(15-3-5-16(22)6-4-15)25-21(27)24-13-14-2-7-17-18(12-14)29-11-10-28-17/h2-9,12,19H,10-11,13H2,1H3,(H2,24,25,27). The number of amides is 2. The van der Waals surface area contributed by atoms with Gasteiger partial charge in [0, 0.05) is 26.0 Å². The Bertz CT molecular complexity index is 1000. The normalized spacial score (nSPS) is 13.6. The third-order valence-electron chi connectivity index (χ3n) is 4.66. The number of carbonyl (C=O) groups excluding carboxylic acids is 1. The molecule has 2 aromatic carbocycles. The number of hydrogen-bond donors (Lipinski definition) is 2. The minimum absolute atomic E-state index is 0.319. The molecule has 2 heterocycles. The molecule has 3 aromatic rings. The average molecular weight is 396 g/mol. The van der Waals surface area contributed by atoms with E-state index in [2.05, 4.69) is 15.6 Å². The molecular formula is C21H21FN4O3. The Morgan fingerprint density at radius 2 is 1.93 bits per heavy atom. The van der Waals surface area contributed by atoms with Gasteiger partial charge in [0.05, 0.1) is 0 Å². The Labute approximate surface area is 167 Å². The van der Waals surface area contributed by atoms with E-state index in [4.69, 9.17) is 9.47 Å². The van der Waals surface area contributed by atoms with E-state index in [1.54, 1.807) is 24.5 Å². The van der Waals surface area contributed by atoms with Gasteiger partial charge < -0.3 is 24.7 Å². The molecule has 2 N–H and O–H groups in total. The first kappa shape index (κ1) is 18.8. The Balaban J connectivity index is 1.45. The van der Waals surface area contributed by atoms with Crippen molar-refractivity contribution >= 4 is 6.03 Å². The highest BCUT2D eigenvalue weighted by molar-refractivity contribution is 5.75. The van der Waals surface area contributed by atoms with Crippen molar-refractivity contribution < 1.29 is 18.7 Å². The van der Waals surface area contributed by atoms with Crippen LogP contribution in [0.2, 0.25) is 0 Å². The topological polar surface area (TPSA) is 77.4 Å². The lowest BCUT2D eigenvalue weighted by Gasteiger charge is -2.20. The monoisotopic (exact) mass is 396 g/mol. The van der Waals surface area contributed by atoms with Crippen LogP contribution in [0.5, 0.6) is 11.5 Å². The Morgan fingerprint density at radius 3 is 2.66 bits per heavy atom. The van der Waals surface area contributed by atoms with Gasteiger partial charge in [0.15, 0.2) is 11.5 Å². The van der Waals surface area contributed by atoms with Crippen LogP contribution in [-0.2, 0) is 13.6 Å². The first-order valence-electron chi connectivity index (χ1n) is 9.26. The minimum atomic E-state index is -0.518. The summed E-state index contributed by atoms with van der Waals surface area (Å²) in [5.41, 5.74) is 1.62. The molecule has 0 aliphatic carbocycles. The van der Waals surface area contributed by atoms with Gasteiger partial charge in [-0.05, 0) is 35.4 Å². The summed E-state index contributed by atoms with van der Waals surface area (Å²) in [7, 11) is 1.84. The first-order chi connectivity index (χ1) is 14.1. The number of hydrogen-bond acceptors (Lipinski definition) is 4. The number of halogens is 1. The highest BCUT2D eigenvalue weighted by Gasteiger charge is 2.21. The molecule has 0 bridgehead atoms. The summed E-state index contributed by atoms with van der Waals surface area (Å²) >= 11 is 0. The predicted molar refractivity (Wildman–Crippen MR) is 104 cm³/mol. The second-order valence-corrected chi connectivity index (χ2v) is 6.69. The predicted octanol–water partition coefficient (Wildman–Crippen LogP) is 2.92. The van der Waals surface area contributed by atoms with Crippen LogP contribution in [0.15, 0.2) is 54.9 Å². The van der Waals surface area contributed by atoms with Crippen LogP contribution in [0.1, 0.15) is 23.0 Å². The van der Waals surface area contributed by atoms with Gasteiger partial charge in [0.1, 0.15) is 30.9 Å². The molecule has 0 saturated heterocycles. The zero-order chi connectivity index (χ0) is 20.2. The van der Waals surface area contributed by atoms with E-state index >= 15 is 0 Å². The van der Waals surface area contributed by atoms with Crippen LogP contribution in [0.4, 0.5) is 9.18 Å². The van der Waals surface area contributed by atoms with Gasteiger partial charge in [0.25, 0.3) is 0 Å². The van der Waals surface area contributed by atoms with Crippen molar-refractivity contribution in [3.63, 3.8) is 0 Å². The van der Waals surface area contributed by atoms with E-state index in [0.29, 0.717) is 37.1 Å². The Hall–Kier alpha value is -3.55. The van der Waals surface area contributed by atoms with E-state index < -0.39 is 6.04 Å². The fourth-order valence-corrected chi connectivity index (χ4v) is 3.17. The van der Waals surface area contributed by atoms with Crippen LogP contribution >= 0.6 is 0 Å². The number of carbonyl (C=O) groups is 1. The molecule has 0 saturated carbocycles. The van der Waals surface area contributed by atoms with Gasteiger partial charge in [-0.1, -0.05) is 18.2 Å². The lowest BCUT2D eigenvalue weighted by Crippen LogP contribution is -2.39. The van der Waals surface area contributed by atoms with Gasteiger partial charge in [-0.2, -0.15) is 0 Å². The fraction of sp³-hybridized carbons (Fsp3) is 0.238. The molecule has 0 radical (unpaired) electrons. The molecule has 8 heteroatoms. The summed E-state index contributed by atoms with van der Waals surface area (Å²) < 4.78 is 26.2. The summed E-state index contributed by atoms with van der Waals surface area (Å²) in [6.07, 6.45) is 3.45. The molecule has 7 nitrogen and oxygen atoms in total. The molecule has 2 amide bonds. The number of imidazole rings is 1. The highest BCUT2D eigenvalue weighted by Crippen LogP contribution is 2.30. The van der Waals surface area contributed by atoms with Gasteiger partial charge in [-0.3, -0.25) is 0 Å². The number of aryl methyl sites for hydroxylation is 1. The van der Waals surface area contributed by atoms with E-state index in [1.807, 2.05) is 29.8 Å². The highest BCUT2D eigenvalue weighted by atomic mass is 19.1. The summed E-state index contributed by atoms with van der Waals surface area (Å²) in [4.78, 5) is 16.9. The quantitative estimate of drug-likeness (QED) is 0.695. The smallest absolute Gasteiger partial charge is 0.315 e. The number of ether oxygens (including phenoxy) is 2. The van der Waals surface area contributed by atoms with Crippen molar-refractivity contribution in [2.45, 2.75) is 12.6 Å². The van der Waals surface area contributed by atoms with Crippen molar-refractivity contribution in [3.8, 4) is 11.5 Å². The third-order valence-corrected chi connectivity index (χ3v) is 4.66. The van der Waals surface area contributed by atoms with E-state index in [0.717, 1.165) is 11.1 Å². The third kappa shape index (κ3) is 4.31. The first-order valence-corrected chi connectivity index (χ1v) is 9.26. The molecule has 4 rings (SSSR count). The van der Waals surface area contributed by atoms with Gasteiger partial charge >= 0.3 is 6.03 Å². The average Bonchev–Trinajstić information content (AvgIpc) is 3.16. The van der Waals surface area contributed by atoms with Crippen molar-refractivity contribution in [1.82, 2.24) is 20.2 Å². The maximum absolute atomic E-state index is 13.3.